The number of nitrogens with one attached hydrogen (secondary N) is 2. The lowest BCUT2D eigenvalue weighted by Crippen LogP contribution is -2.35. The molecule has 3 rings (SSSR count). The van der Waals surface area contributed by atoms with Crippen molar-refractivity contribution >= 4 is 28.9 Å². The first-order valence-electron chi connectivity index (χ1n) is 10.0. The molecule has 0 fully saturated rings. The molecule has 0 spiro atoms. The van der Waals surface area contributed by atoms with E-state index in [4.69, 9.17) is 17.0 Å². The van der Waals surface area contributed by atoms with Crippen LogP contribution in [0.5, 0.6) is 5.75 Å². The van der Waals surface area contributed by atoms with Crippen LogP contribution >= 0.6 is 12.2 Å². The molecule has 0 unspecified atom stereocenters. The number of rotatable bonds is 8. The Kier molecular flexibility index (Phi) is 7.98. The van der Waals surface area contributed by atoms with Crippen LogP contribution in [0, 0.1) is 6.92 Å². The van der Waals surface area contributed by atoms with Gasteiger partial charge in [0.15, 0.2) is 5.11 Å². The molecule has 0 aliphatic rings. The van der Waals surface area contributed by atoms with Gasteiger partial charge in [0.1, 0.15) is 5.75 Å². The summed E-state index contributed by atoms with van der Waals surface area (Å²) in [6.45, 7) is 2.63. The van der Waals surface area contributed by atoms with Crippen molar-refractivity contribution in [1.29, 1.82) is 0 Å². The molecule has 5 heteroatoms. The zero-order valence-corrected chi connectivity index (χ0v) is 17.9. The maximum Gasteiger partial charge on any atom is 0.230 e. The second-order valence-corrected chi connectivity index (χ2v) is 7.48. The number of carbonyl (C=O) groups is 1. The van der Waals surface area contributed by atoms with E-state index in [1.165, 1.54) is 5.56 Å². The van der Waals surface area contributed by atoms with Crippen LogP contribution in [0.4, 0.5) is 5.69 Å². The monoisotopic (exact) mass is 418 g/mol. The lowest BCUT2D eigenvalue weighted by atomic mass is 10.1. The average Bonchev–Trinajstić information content (AvgIpc) is 2.74. The number of benzene rings is 3. The molecule has 3 aromatic carbocycles. The quantitative estimate of drug-likeness (QED) is 0.396. The van der Waals surface area contributed by atoms with E-state index in [1.807, 2.05) is 73.7 Å². The summed E-state index contributed by atoms with van der Waals surface area (Å²) < 4.78 is 5.85. The molecule has 0 saturated carbocycles. The molecule has 0 heterocycles. The Hall–Kier alpha value is -3.18. The molecule has 3 aromatic rings. The number of aryl methyl sites for hydroxylation is 2. The smallest absolute Gasteiger partial charge is 0.230 e. The highest BCUT2D eigenvalue weighted by molar-refractivity contribution is 7.80. The molecule has 0 aliphatic carbocycles. The second kappa shape index (κ2) is 11.1. The van der Waals surface area contributed by atoms with Crippen molar-refractivity contribution in [3.05, 3.63) is 95.6 Å². The first kappa shape index (κ1) is 21.5. The van der Waals surface area contributed by atoms with Crippen molar-refractivity contribution in [2.75, 3.05) is 11.9 Å². The Morgan fingerprint density at radius 1 is 0.967 bits per heavy atom. The lowest BCUT2D eigenvalue weighted by molar-refractivity contribution is -0.119. The summed E-state index contributed by atoms with van der Waals surface area (Å²) >= 11 is 5.28. The van der Waals surface area contributed by atoms with E-state index in [2.05, 4.69) is 22.8 Å². The van der Waals surface area contributed by atoms with Gasteiger partial charge in [-0.1, -0.05) is 60.7 Å². The van der Waals surface area contributed by atoms with Gasteiger partial charge in [0, 0.05) is 11.8 Å². The van der Waals surface area contributed by atoms with E-state index >= 15 is 0 Å². The van der Waals surface area contributed by atoms with E-state index in [1.54, 1.807) is 0 Å². The van der Waals surface area contributed by atoms with Gasteiger partial charge in [-0.3, -0.25) is 4.79 Å². The third kappa shape index (κ3) is 7.01. The fourth-order valence-electron chi connectivity index (χ4n) is 3.09. The van der Waals surface area contributed by atoms with Crippen molar-refractivity contribution in [3.8, 4) is 5.75 Å². The Labute approximate surface area is 183 Å². The highest BCUT2D eigenvalue weighted by Crippen LogP contribution is 2.18. The van der Waals surface area contributed by atoms with E-state index in [9.17, 15) is 4.79 Å². The number of hydrogen-bond acceptors (Lipinski definition) is 3. The summed E-state index contributed by atoms with van der Waals surface area (Å²) in [4.78, 5) is 12.3. The van der Waals surface area contributed by atoms with Crippen LogP contribution in [0.2, 0.25) is 0 Å². The van der Waals surface area contributed by atoms with E-state index in [0.29, 0.717) is 13.0 Å². The summed E-state index contributed by atoms with van der Waals surface area (Å²) in [5.41, 5.74) is 4.16. The van der Waals surface area contributed by atoms with Crippen molar-refractivity contribution < 1.29 is 9.53 Å². The molecule has 0 atom stereocenters. The normalized spacial score (nSPS) is 10.3. The highest BCUT2D eigenvalue weighted by atomic mass is 32.1. The molecule has 1 amide bonds. The fraction of sp³-hybridized carbons (Fsp3) is 0.200. The largest absolute Gasteiger partial charge is 0.494 e. The zero-order chi connectivity index (χ0) is 21.2. The number of ether oxygens (including phenoxy) is 1. The van der Waals surface area contributed by atoms with Crippen molar-refractivity contribution in [2.24, 2.45) is 0 Å². The van der Waals surface area contributed by atoms with Crippen molar-refractivity contribution in [1.82, 2.24) is 5.32 Å². The molecular formula is C25H26N2O2S. The molecule has 4 nitrogen and oxygen atoms in total. The van der Waals surface area contributed by atoms with Crippen molar-refractivity contribution in [3.63, 3.8) is 0 Å². The van der Waals surface area contributed by atoms with Crippen LogP contribution in [0.25, 0.3) is 0 Å². The van der Waals surface area contributed by atoms with Gasteiger partial charge < -0.3 is 15.4 Å². The third-order valence-corrected chi connectivity index (χ3v) is 4.88. The number of amides is 1. The number of thiocarbonyl (C=S) groups is 1. The minimum absolute atomic E-state index is 0.143. The summed E-state index contributed by atoms with van der Waals surface area (Å²) in [6, 6.07) is 25.8. The zero-order valence-electron chi connectivity index (χ0n) is 17.1. The lowest BCUT2D eigenvalue weighted by Gasteiger charge is -2.12. The number of carbonyl (C=O) groups excluding carboxylic acids is 1. The van der Waals surface area contributed by atoms with Crippen LogP contribution in [-0.4, -0.2) is 17.6 Å². The van der Waals surface area contributed by atoms with Gasteiger partial charge >= 0.3 is 0 Å². The minimum Gasteiger partial charge on any atom is -0.494 e. The van der Waals surface area contributed by atoms with Gasteiger partial charge in [-0.2, -0.15) is 0 Å². The number of hydrogen-bond donors (Lipinski definition) is 2. The number of anilines is 1. The van der Waals surface area contributed by atoms with Crippen LogP contribution in [0.1, 0.15) is 23.1 Å². The van der Waals surface area contributed by atoms with Gasteiger partial charge in [0.25, 0.3) is 0 Å². The Bertz CT molecular complexity index is 989. The SMILES string of the molecule is Cc1ccccc1CC(=O)NC(=S)Nc1cccc(OCCCc2ccccc2)c1. The predicted molar refractivity (Wildman–Crippen MR) is 126 cm³/mol. The first-order chi connectivity index (χ1) is 14.6. The molecule has 0 saturated heterocycles. The van der Waals surface area contributed by atoms with Gasteiger partial charge in [0.2, 0.25) is 5.91 Å². The molecule has 0 bridgehead atoms. The van der Waals surface area contributed by atoms with Crippen LogP contribution in [0.3, 0.4) is 0 Å². The molecule has 0 radical (unpaired) electrons. The predicted octanol–water partition coefficient (Wildman–Crippen LogP) is 5.06. The van der Waals surface area contributed by atoms with E-state index < -0.39 is 0 Å². The maximum absolute atomic E-state index is 12.3. The summed E-state index contributed by atoms with van der Waals surface area (Å²) in [6.07, 6.45) is 2.21. The van der Waals surface area contributed by atoms with Gasteiger partial charge in [-0.25, -0.2) is 0 Å². The van der Waals surface area contributed by atoms with Gasteiger partial charge in [-0.05, 0) is 60.8 Å². The standard InChI is InChI=1S/C25H26N2O2S/c1-19-9-5-6-13-21(19)17-24(28)27-25(30)26-22-14-7-15-23(18-22)29-16-8-12-20-10-3-2-4-11-20/h2-7,9-11,13-15,18H,8,12,16-17H2,1H3,(H2,26,27,28,30). The van der Waals surface area contributed by atoms with E-state index in [0.717, 1.165) is 35.4 Å². The topological polar surface area (TPSA) is 50.4 Å². The molecule has 2 N–H and O–H groups in total. The molecular weight excluding hydrogens is 392 g/mol. The third-order valence-electron chi connectivity index (χ3n) is 4.68. The van der Waals surface area contributed by atoms with Gasteiger partial charge in [-0.15, -0.1) is 0 Å². The van der Waals surface area contributed by atoms with Crippen LogP contribution < -0.4 is 15.4 Å². The van der Waals surface area contributed by atoms with Gasteiger partial charge in [0.05, 0.1) is 13.0 Å². The van der Waals surface area contributed by atoms with Crippen molar-refractivity contribution in [2.45, 2.75) is 26.2 Å². The van der Waals surface area contributed by atoms with Crippen LogP contribution in [0.15, 0.2) is 78.9 Å². The summed E-state index contributed by atoms with van der Waals surface area (Å²) in [7, 11) is 0. The molecule has 0 aromatic heterocycles. The Morgan fingerprint density at radius 2 is 1.73 bits per heavy atom. The first-order valence-corrected chi connectivity index (χ1v) is 10.4. The summed E-state index contributed by atoms with van der Waals surface area (Å²) in [5, 5.41) is 6.06. The maximum atomic E-state index is 12.3. The highest BCUT2D eigenvalue weighted by Gasteiger charge is 2.08. The van der Waals surface area contributed by atoms with Crippen LogP contribution in [-0.2, 0) is 17.6 Å². The Morgan fingerprint density at radius 3 is 2.53 bits per heavy atom. The minimum atomic E-state index is -0.143. The second-order valence-electron chi connectivity index (χ2n) is 7.07. The molecule has 154 valence electrons. The molecule has 30 heavy (non-hydrogen) atoms. The summed E-state index contributed by atoms with van der Waals surface area (Å²) in [5.74, 6) is 0.622. The Balaban J connectivity index is 1.44. The molecule has 0 aliphatic heterocycles. The average molecular weight is 419 g/mol. The van der Waals surface area contributed by atoms with E-state index in [-0.39, 0.29) is 11.0 Å². The fourth-order valence-corrected chi connectivity index (χ4v) is 3.32.